The summed E-state index contributed by atoms with van der Waals surface area (Å²) in [4.78, 5) is 8.46. The summed E-state index contributed by atoms with van der Waals surface area (Å²) in [5, 5.41) is 8.34. The Hall–Kier alpha value is -3.41. The molecule has 0 atom stereocenters. The van der Waals surface area contributed by atoms with Crippen molar-refractivity contribution in [3.05, 3.63) is 84.0 Å². The molecule has 3 heterocycles. The molecule has 3 aromatic heterocycles. The van der Waals surface area contributed by atoms with Crippen LogP contribution in [0.4, 0.5) is 0 Å². The van der Waals surface area contributed by atoms with Crippen LogP contribution in [0, 0.1) is 5.41 Å². The molecular formula is C21H22N6. The van der Waals surface area contributed by atoms with Crippen LogP contribution in [0.5, 0.6) is 0 Å². The van der Waals surface area contributed by atoms with Gasteiger partial charge in [0.05, 0.1) is 23.9 Å². The van der Waals surface area contributed by atoms with E-state index in [1.165, 1.54) is 5.56 Å². The maximum Gasteiger partial charge on any atom is 0.130 e. The molecule has 4 rings (SSSR count). The van der Waals surface area contributed by atoms with Gasteiger partial charge in [0.1, 0.15) is 11.3 Å². The molecule has 136 valence electrons. The first kappa shape index (κ1) is 17.0. The molecule has 4 aromatic rings. The van der Waals surface area contributed by atoms with E-state index in [9.17, 15) is 0 Å². The van der Waals surface area contributed by atoms with Crippen molar-refractivity contribution in [2.45, 2.75) is 20.0 Å². The van der Waals surface area contributed by atoms with Gasteiger partial charge in [0, 0.05) is 31.7 Å². The van der Waals surface area contributed by atoms with Crippen molar-refractivity contribution in [3.63, 3.8) is 0 Å². The van der Waals surface area contributed by atoms with Gasteiger partial charge < -0.3 is 9.13 Å². The average Bonchev–Trinajstić information content (AvgIpc) is 3.31. The molecule has 0 saturated carbocycles. The normalized spacial score (nSPS) is 12.0. The number of rotatable bonds is 4. The van der Waals surface area contributed by atoms with Crippen molar-refractivity contribution < 1.29 is 0 Å². The van der Waals surface area contributed by atoms with E-state index in [-0.39, 0.29) is 0 Å². The van der Waals surface area contributed by atoms with E-state index in [2.05, 4.69) is 49.4 Å². The zero-order chi connectivity index (χ0) is 18.8. The summed E-state index contributed by atoms with van der Waals surface area (Å²) in [6, 6.07) is 16.4. The summed E-state index contributed by atoms with van der Waals surface area (Å²) < 4.78 is 6.26. The van der Waals surface area contributed by atoms with Crippen LogP contribution in [0.25, 0.3) is 11.0 Å². The monoisotopic (exact) mass is 358 g/mol. The molecule has 1 aromatic carbocycles. The Morgan fingerprint density at radius 2 is 1.89 bits per heavy atom. The lowest BCUT2D eigenvalue weighted by Gasteiger charge is -2.12. The van der Waals surface area contributed by atoms with Gasteiger partial charge in [-0.05, 0) is 30.7 Å². The molecule has 0 aliphatic carbocycles. The third-order valence-corrected chi connectivity index (χ3v) is 4.82. The summed E-state index contributed by atoms with van der Waals surface area (Å²) in [6.45, 7) is 3.42. The number of fused-ring (bicyclic) bond motifs is 1. The molecule has 0 fully saturated rings. The third kappa shape index (κ3) is 3.21. The number of hydrogen-bond donors (Lipinski definition) is 1. The molecule has 0 amide bonds. The van der Waals surface area contributed by atoms with Crippen LogP contribution in [0.3, 0.4) is 0 Å². The average molecular weight is 358 g/mol. The molecule has 6 nitrogen and oxygen atoms in total. The van der Waals surface area contributed by atoms with Gasteiger partial charge in [-0.2, -0.15) is 0 Å². The maximum atomic E-state index is 8.34. The number of hydrogen-bond acceptors (Lipinski definition) is 3. The molecule has 0 radical (unpaired) electrons. The molecule has 6 heteroatoms. The Morgan fingerprint density at radius 3 is 2.59 bits per heavy atom. The van der Waals surface area contributed by atoms with Gasteiger partial charge in [-0.15, -0.1) is 0 Å². The minimum absolute atomic E-state index is 0.427. The highest BCUT2D eigenvalue weighted by molar-refractivity contribution is 5.92. The topological polar surface area (TPSA) is 63.9 Å². The van der Waals surface area contributed by atoms with Crippen molar-refractivity contribution >= 4 is 16.9 Å². The first-order valence-corrected chi connectivity index (χ1v) is 8.89. The summed E-state index contributed by atoms with van der Waals surface area (Å²) >= 11 is 0. The lowest BCUT2D eigenvalue weighted by Crippen LogP contribution is -2.24. The molecule has 27 heavy (non-hydrogen) atoms. The van der Waals surface area contributed by atoms with Crippen molar-refractivity contribution in [1.82, 2.24) is 18.7 Å². The van der Waals surface area contributed by atoms with E-state index in [4.69, 9.17) is 5.41 Å². The standard InChI is InChI=1S/C21H22N6/c1-16(23-2)27-20-12-18(14-25-11-10-24-15-25)26(19(20)8-9-21(27)22)13-17-6-4-3-5-7-17/h3-12,15,22H,13-14H2,1-2H3. The zero-order valence-corrected chi connectivity index (χ0v) is 15.5. The van der Waals surface area contributed by atoms with Gasteiger partial charge in [0.25, 0.3) is 0 Å². The molecule has 0 aliphatic rings. The molecular weight excluding hydrogens is 336 g/mol. The number of benzene rings is 1. The highest BCUT2D eigenvalue weighted by Crippen LogP contribution is 2.21. The van der Waals surface area contributed by atoms with Crippen LogP contribution in [0.1, 0.15) is 18.2 Å². The van der Waals surface area contributed by atoms with Gasteiger partial charge in [-0.25, -0.2) is 4.98 Å². The van der Waals surface area contributed by atoms with Crippen molar-refractivity contribution in [2.75, 3.05) is 7.05 Å². The van der Waals surface area contributed by atoms with Gasteiger partial charge in [-0.3, -0.25) is 15.0 Å². The first-order valence-electron chi connectivity index (χ1n) is 8.89. The van der Waals surface area contributed by atoms with Crippen molar-refractivity contribution in [1.29, 1.82) is 5.41 Å². The van der Waals surface area contributed by atoms with E-state index >= 15 is 0 Å². The highest BCUT2D eigenvalue weighted by Gasteiger charge is 2.14. The predicted octanol–water partition coefficient (Wildman–Crippen LogP) is 3.11. The second-order valence-corrected chi connectivity index (χ2v) is 6.54. The maximum absolute atomic E-state index is 8.34. The van der Waals surface area contributed by atoms with E-state index in [0.29, 0.717) is 5.49 Å². The van der Waals surface area contributed by atoms with Crippen LogP contribution >= 0.6 is 0 Å². The highest BCUT2D eigenvalue weighted by atomic mass is 15.1. The fourth-order valence-corrected chi connectivity index (χ4v) is 3.42. The third-order valence-electron chi connectivity index (χ3n) is 4.82. The van der Waals surface area contributed by atoms with E-state index in [1.54, 1.807) is 13.2 Å². The van der Waals surface area contributed by atoms with Gasteiger partial charge in [0.2, 0.25) is 0 Å². The smallest absolute Gasteiger partial charge is 0.130 e. The van der Waals surface area contributed by atoms with Crippen LogP contribution in [-0.4, -0.2) is 31.6 Å². The number of aliphatic imine (C=N–C) groups is 1. The van der Waals surface area contributed by atoms with Gasteiger partial charge in [-0.1, -0.05) is 30.3 Å². The molecule has 0 unspecified atom stereocenters. The molecule has 1 N–H and O–H groups in total. The van der Waals surface area contributed by atoms with Crippen molar-refractivity contribution in [3.8, 4) is 0 Å². The predicted molar refractivity (Wildman–Crippen MR) is 107 cm³/mol. The summed E-state index contributed by atoms with van der Waals surface area (Å²) in [6.07, 6.45) is 5.58. The number of aromatic nitrogens is 4. The van der Waals surface area contributed by atoms with E-state index < -0.39 is 0 Å². The van der Waals surface area contributed by atoms with Crippen molar-refractivity contribution in [2.24, 2.45) is 4.99 Å². The second kappa shape index (κ2) is 7.07. The number of imidazole rings is 1. The van der Waals surface area contributed by atoms with Crippen LogP contribution in [0.15, 0.2) is 72.2 Å². The fourth-order valence-electron chi connectivity index (χ4n) is 3.42. The summed E-state index contributed by atoms with van der Waals surface area (Å²) in [7, 11) is 1.76. The fraction of sp³-hybridized carbons (Fsp3) is 0.190. The Bertz CT molecular complexity index is 1150. The van der Waals surface area contributed by atoms with E-state index in [1.807, 2.05) is 42.2 Å². The lowest BCUT2D eigenvalue weighted by molar-refractivity contribution is 0.700. The molecule has 0 aliphatic heterocycles. The summed E-state index contributed by atoms with van der Waals surface area (Å²) in [5.41, 5.74) is 4.92. The van der Waals surface area contributed by atoms with Gasteiger partial charge in [0.15, 0.2) is 0 Å². The van der Waals surface area contributed by atoms with Crippen LogP contribution < -0.4 is 5.49 Å². The van der Waals surface area contributed by atoms with Gasteiger partial charge >= 0.3 is 0 Å². The Balaban J connectivity index is 1.93. The zero-order valence-electron chi connectivity index (χ0n) is 15.5. The minimum atomic E-state index is 0.427. The van der Waals surface area contributed by atoms with Crippen LogP contribution in [-0.2, 0) is 13.1 Å². The largest absolute Gasteiger partial charge is 0.337 e. The Kier molecular flexibility index (Phi) is 4.46. The Labute approximate surface area is 157 Å². The summed E-state index contributed by atoms with van der Waals surface area (Å²) in [5.74, 6) is 0.802. The van der Waals surface area contributed by atoms with Crippen LogP contribution in [0.2, 0.25) is 0 Å². The number of nitrogens with zero attached hydrogens (tertiary/aromatic N) is 5. The quantitative estimate of drug-likeness (QED) is 0.442. The molecule has 0 spiro atoms. The number of nitrogens with one attached hydrogen (secondary N) is 1. The molecule has 0 bridgehead atoms. The second-order valence-electron chi connectivity index (χ2n) is 6.54. The minimum Gasteiger partial charge on any atom is -0.337 e. The Morgan fingerprint density at radius 1 is 1.07 bits per heavy atom. The number of pyridine rings is 1. The SMILES string of the molecule is CN=C(C)n1c(=N)ccc2c1cc(Cn1ccnc1)n2Cc1ccccc1. The first-order chi connectivity index (χ1) is 13.2. The lowest BCUT2D eigenvalue weighted by atomic mass is 10.2. The van der Waals surface area contributed by atoms with E-state index in [0.717, 1.165) is 35.7 Å². The molecule has 0 saturated heterocycles.